The third kappa shape index (κ3) is 1.58. The maximum Gasteiger partial charge on any atom is 0.336 e. The van der Waals surface area contributed by atoms with Gasteiger partial charge in [-0.15, -0.1) is 11.3 Å². The Bertz CT molecular complexity index is 731. The van der Waals surface area contributed by atoms with Crippen LogP contribution >= 0.6 is 11.3 Å². The predicted molar refractivity (Wildman–Crippen MR) is 66.8 cm³/mol. The molecule has 0 amide bonds. The molecule has 3 rings (SSSR count). The van der Waals surface area contributed by atoms with Crippen molar-refractivity contribution in [2.75, 3.05) is 0 Å². The second-order valence-electron chi connectivity index (χ2n) is 3.79. The minimum Gasteiger partial charge on any atom is -0.478 e. The molecule has 0 aliphatic carbocycles. The quantitative estimate of drug-likeness (QED) is 0.766. The van der Waals surface area contributed by atoms with E-state index >= 15 is 0 Å². The Balaban J connectivity index is 2.34. The Morgan fingerprint density at radius 3 is 3.00 bits per heavy atom. The average molecular weight is 260 g/mol. The van der Waals surface area contributed by atoms with E-state index in [-0.39, 0.29) is 11.3 Å². The minimum absolute atomic E-state index is 0.169. The molecule has 0 aliphatic rings. The molecule has 0 fully saturated rings. The average Bonchev–Trinajstić information content (AvgIpc) is 2.98. The van der Waals surface area contributed by atoms with Crippen molar-refractivity contribution in [2.45, 2.75) is 6.92 Å². The molecule has 0 bridgehead atoms. The lowest BCUT2D eigenvalue weighted by Crippen LogP contribution is -1.99. The van der Waals surface area contributed by atoms with Gasteiger partial charge in [0, 0.05) is 0 Å². The molecule has 0 aromatic carbocycles. The molecule has 18 heavy (non-hydrogen) atoms. The van der Waals surface area contributed by atoms with Gasteiger partial charge < -0.3 is 9.63 Å². The molecule has 0 saturated carbocycles. The zero-order valence-electron chi connectivity index (χ0n) is 9.38. The van der Waals surface area contributed by atoms with Crippen LogP contribution in [0.1, 0.15) is 16.1 Å². The number of hydrogen-bond acceptors (Lipinski definition) is 5. The van der Waals surface area contributed by atoms with E-state index < -0.39 is 5.97 Å². The van der Waals surface area contributed by atoms with E-state index in [1.807, 2.05) is 17.5 Å². The summed E-state index contributed by atoms with van der Waals surface area (Å²) in [6.45, 7) is 1.70. The number of carboxylic acids is 1. The van der Waals surface area contributed by atoms with Gasteiger partial charge in [-0.2, -0.15) is 0 Å². The highest BCUT2D eigenvalue weighted by Gasteiger charge is 2.18. The lowest BCUT2D eigenvalue weighted by molar-refractivity contribution is 0.0699. The minimum atomic E-state index is -1.01. The zero-order valence-corrected chi connectivity index (χ0v) is 10.2. The molecule has 90 valence electrons. The standard InChI is InChI=1S/C12H8N2O3S/c1-6-10-7(12(15)16)5-8(9-3-2-4-18-9)13-11(10)17-14-6/h2-5H,1H3,(H,15,16). The van der Waals surface area contributed by atoms with E-state index in [2.05, 4.69) is 10.1 Å². The maximum atomic E-state index is 11.3. The van der Waals surface area contributed by atoms with Crippen LogP contribution in [-0.2, 0) is 0 Å². The van der Waals surface area contributed by atoms with Crippen LogP contribution in [0.5, 0.6) is 0 Å². The molecule has 0 spiro atoms. The van der Waals surface area contributed by atoms with Gasteiger partial charge in [-0.05, 0) is 24.4 Å². The van der Waals surface area contributed by atoms with Crippen LogP contribution in [0.25, 0.3) is 21.7 Å². The molecule has 5 nitrogen and oxygen atoms in total. The van der Waals surface area contributed by atoms with Gasteiger partial charge in [0.1, 0.15) is 0 Å². The molecule has 0 unspecified atom stereocenters. The van der Waals surface area contributed by atoms with Gasteiger partial charge in [0.15, 0.2) is 0 Å². The van der Waals surface area contributed by atoms with Gasteiger partial charge in [-0.1, -0.05) is 11.2 Å². The summed E-state index contributed by atoms with van der Waals surface area (Å²) in [5.74, 6) is -1.01. The van der Waals surface area contributed by atoms with Crippen molar-refractivity contribution in [3.63, 3.8) is 0 Å². The fourth-order valence-electron chi connectivity index (χ4n) is 1.81. The van der Waals surface area contributed by atoms with Gasteiger partial charge in [0.2, 0.25) is 0 Å². The fourth-order valence-corrected chi connectivity index (χ4v) is 2.50. The first-order valence-corrected chi connectivity index (χ1v) is 6.09. The summed E-state index contributed by atoms with van der Waals surface area (Å²) in [6, 6.07) is 5.33. The first kappa shape index (κ1) is 10.9. The number of pyridine rings is 1. The van der Waals surface area contributed by atoms with E-state index in [0.717, 1.165) is 4.88 Å². The number of carboxylic acid groups (broad SMARTS) is 1. The SMILES string of the molecule is Cc1noc2nc(-c3cccs3)cc(C(=O)O)c12. The number of fused-ring (bicyclic) bond motifs is 1. The lowest BCUT2D eigenvalue weighted by atomic mass is 10.1. The number of aromatic carboxylic acids is 1. The molecule has 0 aliphatic heterocycles. The third-order valence-corrected chi connectivity index (χ3v) is 3.51. The highest BCUT2D eigenvalue weighted by Crippen LogP contribution is 2.29. The zero-order chi connectivity index (χ0) is 12.7. The Morgan fingerprint density at radius 2 is 2.33 bits per heavy atom. The highest BCUT2D eigenvalue weighted by molar-refractivity contribution is 7.13. The van der Waals surface area contributed by atoms with Crippen LogP contribution in [0, 0.1) is 6.92 Å². The van der Waals surface area contributed by atoms with Gasteiger partial charge in [-0.3, -0.25) is 0 Å². The number of hydrogen-bond donors (Lipinski definition) is 1. The monoisotopic (exact) mass is 260 g/mol. The molecular formula is C12H8N2O3S. The number of aryl methyl sites for hydroxylation is 1. The molecular weight excluding hydrogens is 252 g/mol. The highest BCUT2D eigenvalue weighted by atomic mass is 32.1. The van der Waals surface area contributed by atoms with Gasteiger partial charge >= 0.3 is 5.97 Å². The Labute approximate surface area is 106 Å². The van der Waals surface area contributed by atoms with E-state index in [0.29, 0.717) is 16.8 Å². The Morgan fingerprint density at radius 1 is 1.50 bits per heavy atom. The summed E-state index contributed by atoms with van der Waals surface area (Å²) < 4.78 is 5.06. The van der Waals surface area contributed by atoms with E-state index in [1.54, 1.807) is 13.0 Å². The third-order valence-electron chi connectivity index (χ3n) is 2.62. The van der Waals surface area contributed by atoms with Crippen molar-refractivity contribution in [3.05, 3.63) is 34.8 Å². The molecule has 6 heteroatoms. The second kappa shape index (κ2) is 3.92. The predicted octanol–water partition coefficient (Wildman–Crippen LogP) is 2.96. The number of thiophene rings is 1. The van der Waals surface area contributed by atoms with Crippen LogP contribution in [0.4, 0.5) is 0 Å². The number of aromatic nitrogens is 2. The van der Waals surface area contributed by atoms with Crippen molar-refractivity contribution in [2.24, 2.45) is 0 Å². The number of carbonyl (C=O) groups is 1. The van der Waals surface area contributed by atoms with Gasteiger partial charge in [0.05, 0.1) is 27.2 Å². The van der Waals surface area contributed by atoms with E-state index in [9.17, 15) is 9.90 Å². The maximum absolute atomic E-state index is 11.3. The molecule has 0 atom stereocenters. The summed E-state index contributed by atoms with van der Waals surface area (Å²) in [5, 5.41) is 15.4. The first-order valence-electron chi connectivity index (χ1n) is 5.21. The fraction of sp³-hybridized carbons (Fsp3) is 0.0833. The van der Waals surface area contributed by atoms with Crippen molar-refractivity contribution in [3.8, 4) is 10.6 Å². The summed E-state index contributed by atoms with van der Waals surface area (Å²) in [7, 11) is 0. The summed E-state index contributed by atoms with van der Waals surface area (Å²) in [4.78, 5) is 16.5. The van der Waals surface area contributed by atoms with Gasteiger partial charge in [-0.25, -0.2) is 9.78 Å². The van der Waals surface area contributed by atoms with Crippen molar-refractivity contribution >= 4 is 28.4 Å². The number of nitrogens with zero attached hydrogens (tertiary/aromatic N) is 2. The summed E-state index contributed by atoms with van der Waals surface area (Å²) in [5.41, 5.74) is 1.55. The molecule has 3 aromatic rings. The van der Waals surface area contributed by atoms with Crippen molar-refractivity contribution in [1.29, 1.82) is 0 Å². The Kier molecular flexibility index (Phi) is 2.38. The molecule has 3 aromatic heterocycles. The van der Waals surface area contributed by atoms with Gasteiger partial charge in [0.25, 0.3) is 5.71 Å². The topological polar surface area (TPSA) is 76.2 Å². The Hall–Kier alpha value is -2.21. The molecule has 1 N–H and O–H groups in total. The molecule has 3 heterocycles. The van der Waals surface area contributed by atoms with Crippen LogP contribution in [0.2, 0.25) is 0 Å². The lowest BCUT2D eigenvalue weighted by Gasteiger charge is -2.00. The van der Waals surface area contributed by atoms with E-state index in [4.69, 9.17) is 4.52 Å². The smallest absolute Gasteiger partial charge is 0.336 e. The summed E-state index contributed by atoms with van der Waals surface area (Å²) in [6.07, 6.45) is 0. The molecule has 0 saturated heterocycles. The van der Waals surface area contributed by atoms with Crippen LogP contribution in [0.15, 0.2) is 28.1 Å². The van der Waals surface area contributed by atoms with Crippen molar-refractivity contribution in [1.82, 2.24) is 10.1 Å². The molecule has 0 radical (unpaired) electrons. The largest absolute Gasteiger partial charge is 0.478 e. The first-order chi connectivity index (χ1) is 8.66. The summed E-state index contributed by atoms with van der Waals surface area (Å²) >= 11 is 1.49. The van der Waals surface area contributed by atoms with E-state index in [1.165, 1.54) is 11.3 Å². The van der Waals surface area contributed by atoms with Crippen LogP contribution in [-0.4, -0.2) is 21.2 Å². The second-order valence-corrected chi connectivity index (χ2v) is 4.73. The normalized spacial score (nSPS) is 10.9. The van der Waals surface area contributed by atoms with Crippen molar-refractivity contribution < 1.29 is 14.4 Å². The van der Waals surface area contributed by atoms with Crippen LogP contribution < -0.4 is 0 Å². The van der Waals surface area contributed by atoms with Crippen LogP contribution in [0.3, 0.4) is 0 Å². The number of rotatable bonds is 2.